The lowest BCUT2D eigenvalue weighted by molar-refractivity contribution is 0.229. The Balaban J connectivity index is 0.00000133. The zero-order valence-electron chi connectivity index (χ0n) is 10.6. The summed E-state index contributed by atoms with van der Waals surface area (Å²) in [7, 11) is 0. The number of nitrogens with two attached hydrogens (primary N) is 1. The van der Waals surface area contributed by atoms with E-state index < -0.39 is 0 Å². The molecule has 0 radical (unpaired) electrons. The van der Waals surface area contributed by atoms with Gasteiger partial charge in [0.25, 0.3) is 5.89 Å². The summed E-state index contributed by atoms with van der Waals surface area (Å²) in [6.07, 6.45) is 5.08. The van der Waals surface area contributed by atoms with Gasteiger partial charge in [-0.05, 0) is 49.8 Å². The molecule has 2 N–H and O–H groups in total. The highest BCUT2D eigenvalue weighted by molar-refractivity contribution is 7.98. The number of hydrogen-bond acceptors (Lipinski definition) is 5. The van der Waals surface area contributed by atoms with Crippen molar-refractivity contribution in [3.05, 3.63) is 30.1 Å². The minimum atomic E-state index is -0.360. The van der Waals surface area contributed by atoms with E-state index in [4.69, 9.17) is 10.3 Å². The first kappa shape index (κ1) is 14.4. The Kier molecular flexibility index (Phi) is 4.18. The molecule has 0 bridgehead atoms. The second-order valence-electron chi connectivity index (χ2n) is 4.66. The molecule has 2 aromatic rings. The summed E-state index contributed by atoms with van der Waals surface area (Å²) in [5, 5.41) is 4.01. The summed E-state index contributed by atoms with van der Waals surface area (Å²) in [5.41, 5.74) is 6.75. The normalized spacial score (nSPS) is 16.5. The van der Waals surface area contributed by atoms with Gasteiger partial charge >= 0.3 is 0 Å². The van der Waals surface area contributed by atoms with E-state index in [0.29, 0.717) is 11.7 Å². The van der Waals surface area contributed by atoms with Gasteiger partial charge in [0.2, 0.25) is 0 Å². The van der Waals surface area contributed by atoms with Crippen molar-refractivity contribution in [1.29, 1.82) is 0 Å². The van der Waals surface area contributed by atoms with Crippen molar-refractivity contribution in [2.45, 2.75) is 29.7 Å². The van der Waals surface area contributed by atoms with Crippen LogP contribution in [0.4, 0.5) is 0 Å². The molecule has 1 saturated carbocycles. The number of halogens is 1. The maximum Gasteiger partial charge on any atom is 0.257 e. The zero-order chi connectivity index (χ0) is 12.6. The molecule has 0 saturated heterocycles. The van der Waals surface area contributed by atoms with Crippen LogP contribution in [0.15, 0.2) is 33.7 Å². The lowest BCUT2D eigenvalue weighted by Gasteiger charge is -2.34. The van der Waals surface area contributed by atoms with Crippen LogP contribution in [-0.4, -0.2) is 16.4 Å². The third kappa shape index (κ3) is 2.63. The molecule has 3 rings (SSSR count). The van der Waals surface area contributed by atoms with Crippen LogP contribution >= 0.6 is 24.2 Å². The van der Waals surface area contributed by atoms with Gasteiger partial charge < -0.3 is 10.3 Å². The second kappa shape index (κ2) is 5.53. The number of benzene rings is 1. The van der Waals surface area contributed by atoms with Crippen LogP contribution in [0.2, 0.25) is 0 Å². The van der Waals surface area contributed by atoms with E-state index in [0.717, 1.165) is 24.8 Å². The van der Waals surface area contributed by atoms with Gasteiger partial charge in [-0.3, -0.25) is 0 Å². The molecule has 6 heteroatoms. The fourth-order valence-electron chi connectivity index (χ4n) is 2.06. The van der Waals surface area contributed by atoms with Gasteiger partial charge in [-0.1, -0.05) is 5.16 Å². The molecular weight excluding hydrogens is 282 g/mol. The first-order valence-electron chi connectivity index (χ1n) is 5.99. The molecule has 1 fully saturated rings. The molecule has 1 aromatic heterocycles. The number of rotatable bonds is 3. The Morgan fingerprint density at radius 3 is 2.47 bits per heavy atom. The molecule has 0 unspecified atom stereocenters. The smallest absolute Gasteiger partial charge is 0.257 e. The standard InChI is InChI=1S/C13H15N3OS.ClH/c1-18-10-5-3-9(4-6-10)11-15-12(16-17-11)13(14)7-2-8-13;/h3-6H,2,7-8,14H2,1H3;1H. The first-order valence-corrected chi connectivity index (χ1v) is 7.21. The van der Waals surface area contributed by atoms with Crippen molar-refractivity contribution in [3.8, 4) is 11.5 Å². The lowest BCUT2D eigenvalue weighted by Crippen LogP contribution is -2.44. The molecule has 19 heavy (non-hydrogen) atoms. The summed E-state index contributed by atoms with van der Waals surface area (Å²) in [6.45, 7) is 0. The van der Waals surface area contributed by atoms with Crippen LogP contribution in [0.1, 0.15) is 25.1 Å². The Hall–Kier alpha value is -1.04. The lowest BCUT2D eigenvalue weighted by atomic mass is 9.77. The molecular formula is C13H16ClN3OS. The van der Waals surface area contributed by atoms with Crippen molar-refractivity contribution in [1.82, 2.24) is 10.1 Å². The van der Waals surface area contributed by atoms with E-state index in [1.807, 2.05) is 24.3 Å². The first-order chi connectivity index (χ1) is 8.71. The number of nitrogens with zero attached hydrogens (tertiary/aromatic N) is 2. The Morgan fingerprint density at radius 2 is 1.95 bits per heavy atom. The molecule has 0 amide bonds. The molecule has 1 aliphatic rings. The third-order valence-electron chi connectivity index (χ3n) is 3.45. The number of hydrogen-bond donors (Lipinski definition) is 1. The molecule has 0 spiro atoms. The van der Waals surface area contributed by atoms with Gasteiger partial charge in [-0.15, -0.1) is 24.2 Å². The number of thioether (sulfide) groups is 1. The second-order valence-corrected chi connectivity index (χ2v) is 5.54. The van der Waals surface area contributed by atoms with Crippen molar-refractivity contribution < 1.29 is 4.52 Å². The Bertz CT molecular complexity index is 551. The predicted octanol–water partition coefficient (Wildman–Crippen LogP) is 3.22. The van der Waals surface area contributed by atoms with Crippen LogP contribution in [0.25, 0.3) is 11.5 Å². The summed E-state index contributed by atoms with van der Waals surface area (Å²) < 4.78 is 5.30. The summed E-state index contributed by atoms with van der Waals surface area (Å²) in [6, 6.07) is 8.08. The third-order valence-corrected chi connectivity index (χ3v) is 4.20. The molecule has 0 aliphatic heterocycles. The molecule has 1 aromatic carbocycles. The highest BCUT2D eigenvalue weighted by atomic mass is 35.5. The maximum atomic E-state index is 6.17. The average molecular weight is 298 g/mol. The summed E-state index contributed by atoms with van der Waals surface area (Å²) in [5.74, 6) is 1.19. The van der Waals surface area contributed by atoms with Crippen molar-refractivity contribution >= 4 is 24.2 Å². The molecule has 1 aliphatic carbocycles. The van der Waals surface area contributed by atoms with Crippen LogP contribution < -0.4 is 5.73 Å². The van der Waals surface area contributed by atoms with Crippen LogP contribution in [-0.2, 0) is 5.54 Å². The van der Waals surface area contributed by atoms with Crippen molar-refractivity contribution in [2.75, 3.05) is 6.26 Å². The molecule has 102 valence electrons. The largest absolute Gasteiger partial charge is 0.334 e. The van der Waals surface area contributed by atoms with Gasteiger partial charge in [0.15, 0.2) is 5.82 Å². The van der Waals surface area contributed by atoms with E-state index in [1.165, 1.54) is 4.90 Å². The van der Waals surface area contributed by atoms with Gasteiger partial charge in [0.1, 0.15) is 0 Å². The van der Waals surface area contributed by atoms with E-state index in [-0.39, 0.29) is 17.9 Å². The molecule has 0 atom stereocenters. The van der Waals surface area contributed by atoms with E-state index in [9.17, 15) is 0 Å². The van der Waals surface area contributed by atoms with Crippen molar-refractivity contribution in [3.63, 3.8) is 0 Å². The fraction of sp³-hybridized carbons (Fsp3) is 0.385. The zero-order valence-corrected chi connectivity index (χ0v) is 12.3. The Morgan fingerprint density at radius 1 is 1.26 bits per heavy atom. The van der Waals surface area contributed by atoms with E-state index >= 15 is 0 Å². The van der Waals surface area contributed by atoms with E-state index in [1.54, 1.807) is 11.8 Å². The highest BCUT2D eigenvalue weighted by Gasteiger charge is 2.39. The van der Waals surface area contributed by atoms with Crippen LogP contribution in [0.5, 0.6) is 0 Å². The Labute approximate surface area is 122 Å². The van der Waals surface area contributed by atoms with Crippen molar-refractivity contribution in [2.24, 2.45) is 5.73 Å². The van der Waals surface area contributed by atoms with Gasteiger partial charge in [0, 0.05) is 10.5 Å². The predicted molar refractivity (Wildman–Crippen MR) is 78.5 cm³/mol. The monoisotopic (exact) mass is 297 g/mol. The highest BCUT2D eigenvalue weighted by Crippen LogP contribution is 2.37. The number of aromatic nitrogens is 2. The minimum Gasteiger partial charge on any atom is -0.334 e. The summed E-state index contributed by atoms with van der Waals surface area (Å²) in [4.78, 5) is 5.64. The SMILES string of the molecule is CSc1ccc(-c2nc(C3(N)CCC3)no2)cc1.Cl. The quantitative estimate of drug-likeness (QED) is 0.881. The molecule has 1 heterocycles. The van der Waals surface area contributed by atoms with Gasteiger partial charge in [0.05, 0.1) is 5.54 Å². The van der Waals surface area contributed by atoms with Crippen LogP contribution in [0.3, 0.4) is 0 Å². The molecule has 4 nitrogen and oxygen atoms in total. The van der Waals surface area contributed by atoms with Gasteiger partial charge in [-0.2, -0.15) is 4.98 Å². The average Bonchev–Trinajstić information content (AvgIpc) is 2.86. The van der Waals surface area contributed by atoms with Crippen LogP contribution in [0, 0.1) is 0 Å². The summed E-state index contributed by atoms with van der Waals surface area (Å²) >= 11 is 1.71. The minimum absolute atomic E-state index is 0. The topological polar surface area (TPSA) is 64.9 Å². The van der Waals surface area contributed by atoms with Gasteiger partial charge in [-0.25, -0.2) is 0 Å². The maximum absolute atomic E-state index is 6.17. The fourth-order valence-corrected chi connectivity index (χ4v) is 2.47. The van der Waals surface area contributed by atoms with E-state index in [2.05, 4.69) is 16.4 Å².